The van der Waals surface area contributed by atoms with Crippen molar-refractivity contribution in [2.75, 3.05) is 33.3 Å². The third-order valence-corrected chi connectivity index (χ3v) is 3.63. The third-order valence-electron chi connectivity index (χ3n) is 3.03. The van der Waals surface area contributed by atoms with E-state index in [-0.39, 0.29) is 0 Å². The fourth-order valence-electron chi connectivity index (χ4n) is 2.06. The predicted octanol–water partition coefficient (Wildman–Crippen LogP) is 1.12. The summed E-state index contributed by atoms with van der Waals surface area (Å²) in [4.78, 5) is 6.83. The highest BCUT2D eigenvalue weighted by Gasteiger charge is 2.25. The number of rotatable bonds is 4. The van der Waals surface area contributed by atoms with Gasteiger partial charge in [0, 0.05) is 25.0 Å². The summed E-state index contributed by atoms with van der Waals surface area (Å²) in [6.45, 7) is 5.94. The molecule has 2 atom stereocenters. The molecule has 1 N–H and O–H groups in total. The lowest BCUT2D eigenvalue weighted by atomic mass is 10.1. The number of ether oxygens (including phenoxy) is 1. The minimum Gasteiger partial charge on any atom is -0.374 e. The molecular weight excluding hydrogens is 222 g/mol. The first-order valence-electron chi connectivity index (χ1n) is 5.69. The fraction of sp³-hybridized carbons (Fsp3) is 0.727. The van der Waals surface area contributed by atoms with Crippen LogP contribution in [0.25, 0.3) is 0 Å². The van der Waals surface area contributed by atoms with Gasteiger partial charge in [0.15, 0.2) is 0 Å². The maximum atomic E-state index is 5.69. The van der Waals surface area contributed by atoms with Crippen LogP contribution in [-0.4, -0.2) is 49.3 Å². The third kappa shape index (κ3) is 2.79. The Kier molecular flexibility index (Phi) is 4.29. The first kappa shape index (κ1) is 12.0. The van der Waals surface area contributed by atoms with Gasteiger partial charge in [0.2, 0.25) is 0 Å². The molecule has 16 heavy (non-hydrogen) atoms. The molecule has 0 bridgehead atoms. The highest BCUT2D eigenvalue weighted by atomic mass is 32.1. The summed E-state index contributed by atoms with van der Waals surface area (Å²) >= 11 is 1.66. The Bertz CT molecular complexity index is 302. The molecule has 4 nitrogen and oxygen atoms in total. The van der Waals surface area contributed by atoms with Gasteiger partial charge in [-0.05, 0) is 14.0 Å². The van der Waals surface area contributed by atoms with Crippen LogP contribution in [0.15, 0.2) is 10.9 Å². The number of nitrogens with zero attached hydrogens (tertiary/aromatic N) is 2. The van der Waals surface area contributed by atoms with E-state index in [1.165, 1.54) is 5.69 Å². The van der Waals surface area contributed by atoms with Crippen molar-refractivity contribution in [2.24, 2.45) is 0 Å². The second-order valence-electron chi connectivity index (χ2n) is 4.13. The number of nitrogens with one attached hydrogen (secondary N) is 1. The number of thiazole rings is 1. The van der Waals surface area contributed by atoms with Crippen molar-refractivity contribution < 1.29 is 4.74 Å². The van der Waals surface area contributed by atoms with Crippen molar-refractivity contribution in [1.82, 2.24) is 15.2 Å². The number of aromatic nitrogens is 1. The molecule has 2 rings (SSSR count). The van der Waals surface area contributed by atoms with Gasteiger partial charge in [-0.2, -0.15) is 0 Å². The average molecular weight is 241 g/mol. The van der Waals surface area contributed by atoms with Gasteiger partial charge in [0.1, 0.15) is 0 Å². The Hall–Kier alpha value is -0.490. The lowest BCUT2D eigenvalue weighted by Crippen LogP contribution is -2.47. The molecule has 1 aromatic rings. The molecule has 2 unspecified atom stereocenters. The van der Waals surface area contributed by atoms with E-state index >= 15 is 0 Å². The molecule has 5 heteroatoms. The van der Waals surface area contributed by atoms with Gasteiger partial charge in [-0.1, -0.05) is 0 Å². The van der Waals surface area contributed by atoms with Crippen LogP contribution in [0.5, 0.6) is 0 Å². The van der Waals surface area contributed by atoms with Gasteiger partial charge < -0.3 is 10.1 Å². The molecule has 90 valence electrons. The number of hydrogen-bond donors (Lipinski definition) is 1. The largest absolute Gasteiger partial charge is 0.374 e. The van der Waals surface area contributed by atoms with E-state index in [4.69, 9.17) is 4.74 Å². The quantitative estimate of drug-likeness (QED) is 0.857. The molecule has 0 radical (unpaired) electrons. The lowest BCUT2D eigenvalue weighted by molar-refractivity contribution is -0.0397. The van der Waals surface area contributed by atoms with E-state index in [0.717, 1.165) is 26.2 Å². The molecule has 0 saturated carbocycles. The molecule has 0 spiro atoms. The molecule has 1 aliphatic heterocycles. The van der Waals surface area contributed by atoms with E-state index in [1.807, 2.05) is 12.6 Å². The number of morpholine rings is 1. The Balaban J connectivity index is 1.93. The van der Waals surface area contributed by atoms with Crippen LogP contribution in [0.1, 0.15) is 18.7 Å². The summed E-state index contributed by atoms with van der Waals surface area (Å²) in [7, 11) is 1.96. The standard InChI is InChI=1S/C11H19N3OS/c1-9(11-7-16-8-13-11)14-3-4-15-10(6-14)5-12-2/h7-10,12H,3-6H2,1-2H3. The van der Waals surface area contributed by atoms with Crippen LogP contribution < -0.4 is 5.32 Å². The smallest absolute Gasteiger partial charge is 0.0826 e. The van der Waals surface area contributed by atoms with Crippen LogP contribution in [0.4, 0.5) is 0 Å². The molecule has 1 aromatic heterocycles. The second kappa shape index (κ2) is 5.72. The second-order valence-corrected chi connectivity index (χ2v) is 4.85. The summed E-state index contributed by atoms with van der Waals surface area (Å²) in [5.41, 5.74) is 3.08. The Labute approximate surface area is 101 Å². The predicted molar refractivity (Wildman–Crippen MR) is 65.8 cm³/mol. The van der Waals surface area contributed by atoms with E-state index < -0.39 is 0 Å². The van der Waals surface area contributed by atoms with Gasteiger partial charge in [-0.3, -0.25) is 4.90 Å². The van der Waals surface area contributed by atoms with E-state index in [9.17, 15) is 0 Å². The highest BCUT2D eigenvalue weighted by Crippen LogP contribution is 2.22. The summed E-state index contributed by atoms with van der Waals surface area (Å²) in [6, 6.07) is 0.398. The first-order valence-corrected chi connectivity index (χ1v) is 6.64. The van der Waals surface area contributed by atoms with Crippen molar-refractivity contribution in [3.63, 3.8) is 0 Å². The summed E-state index contributed by atoms with van der Waals surface area (Å²) in [6.07, 6.45) is 0.305. The zero-order valence-electron chi connectivity index (χ0n) is 9.85. The Morgan fingerprint density at radius 3 is 3.31 bits per heavy atom. The van der Waals surface area contributed by atoms with Gasteiger partial charge in [-0.15, -0.1) is 11.3 Å². The molecule has 2 heterocycles. The van der Waals surface area contributed by atoms with Crippen LogP contribution in [0.3, 0.4) is 0 Å². The Morgan fingerprint density at radius 2 is 2.62 bits per heavy atom. The SMILES string of the molecule is CNCC1CN(C(C)c2cscn2)CCO1. The zero-order chi connectivity index (χ0) is 11.4. The molecule has 1 aliphatic rings. The maximum absolute atomic E-state index is 5.69. The first-order chi connectivity index (χ1) is 7.81. The Morgan fingerprint density at radius 1 is 1.75 bits per heavy atom. The highest BCUT2D eigenvalue weighted by molar-refractivity contribution is 7.07. The van der Waals surface area contributed by atoms with Crippen molar-refractivity contribution in [2.45, 2.75) is 19.1 Å². The van der Waals surface area contributed by atoms with Gasteiger partial charge >= 0.3 is 0 Å². The zero-order valence-corrected chi connectivity index (χ0v) is 10.7. The lowest BCUT2D eigenvalue weighted by Gasteiger charge is -2.36. The summed E-state index contributed by atoms with van der Waals surface area (Å²) < 4.78 is 5.69. The van der Waals surface area contributed by atoms with Crippen LogP contribution in [-0.2, 0) is 4.74 Å². The van der Waals surface area contributed by atoms with Gasteiger partial charge in [0.05, 0.1) is 30.0 Å². The van der Waals surface area contributed by atoms with Crippen LogP contribution in [0.2, 0.25) is 0 Å². The minimum atomic E-state index is 0.305. The minimum absolute atomic E-state index is 0.305. The maximum Gasteiger partial charge on any atom is 0.0826 e. The molecule has 0 amide bonds. The molecule has 1 saturated heterocycles. The normalized spacial score (nSPS) is 24.5. The number of hydrogen-bond acceptors (Lipinski definition) is 5. The van der Waals surface area contributed by atoms with Gasteiger partial charge in [-0.25, -0.2) is 4.98 Å². The van der Waals surface area contributed by atoms with Crippen molar-refractivity contribution in [3.8, 4) is 0 Å². The van der Waals surface area contributed by atoms with E-state index in [0.29, 0.717) is 12.1 Å². The topological polar surface area (TPSA) is 37.4 Å². The molecule has 0 aromatic carbocycles. The van der Waals surface area contributed by atoms with Crippen molar-refractivity contribution >= 4 is 11.3 Å². The average Bonchev–Trinajstić information content (AvgIpc) is 2.82. The van der Waals surface area contributed by atoms with E-state index in [2.05, 4.69) is 27.5 Å². The van der Waals surface area contributed by atoms with Crippen molar-refractivity contribution in [1.29, 1.82) is 0 Å². The monoisotopic (exact) mass is 241 g/mol. The van der Waals surface area contributed by atoms with E-state index in [1.54, 1.807) is 11.3 Å². The summed E-state index contributed by atoms with van der Waals surface area (Å²) in [5.74, 6) is 0. The summed E-state index contributed by atoms with van der Waals surface area (Å²) in [5, 5.41) is 5.30. The molecule has 0 aliphatic carbocycles. The van der Waals surface area contributed by atoms with Crippen LogP contribution >= 0.6 is 11.3 Å². The van der Waals surface area contributed by atoms with Gasteiger partial charge in [0.25, 0.3) is 0 Å². The number of likely N-dealkylation sites (N-methyl/N-ethyl adjacent to an activating group) is 1. The van der Waals surface area contributed by atoms with Crippen LogP contribution in [0, 0.1) is 0 Å². The molecular formula is C11H19N3OS. The fourth-order valence-corrected chi connectivity index (χ4v) is 2.70. The molecule has 1 fully saturated rings. The van der Waals surface area contributed by atoms with Crippen molar-refractivity contribution in [3.05, 3.63) is 16.6 Å².